The highest BCUT2D eigenvalue weighted by atomic mass is 16.5. The van der Waals surface area contributed by atoms with Gasteiger partial charge in [0, 0.05) is 23.2 Å². The van der Waals surface area contributed by atoms with Crippen LogP contribution >= 0.6 is 0 Å². The molecule has 2 aromatic carbocycles. The number of likely N-dealkylation sites (tertiary alicyclic amines) is 1. The average molecular weight is 445 g/mol. The van der Waals surface area contributed by atoms with E-state index in [1.807, 2.05) is 35.2 Å². The summed E-state index contributed by atoms with van der Waals surface area (Å²) in [4.78, 5) is 35.7. The standard InChI is InChI=1S/C26H28N4O3/c1-18-7-6-8-19(2)30(18)24(31)17-33-23-13-11-21(12-14-23)26(32)29-22-15-27-25(28-16-22)20-9-4-3-5-10-20/h3-5,9-16,18-19H,6-8,17H2,1-2H3,(H,29,32). The molecule has 170 valence electrons. The van der Waals surface area contributed by atoms with E-state index in [0.29, 0.717) is 22.8 Å². The molecule has 2 heterocycles. The predicted octanol–water partition coefficient (Wildman–Crippen LogP) is 4.56. The van der Waals surface area contributed by atoms with Crippen LogP contribution in [0.3, 0.4) is 0 Å². The van der Waals surface area contributed by atoms with E-state index in [0.717, 1.165) is 24.8 Å². The van der Waals surface area contributed by atoms with Gasteiger partial charge in [0.2, 0.25) is 0 Å². The van der Waals surface area contributed by atoms with Gasteiger partial charge in [-0.15, -0.1) is 0 Å². The van der Waals surface area contributed by atoms with E-state index in [1.54, 1.807) is 36.7 Å². The first-order valence-corrected chi connectivity index (χ1v) is 11.2. The highest BCUT2D eigenvalue weighted by Gasteiger charge is 2.28. The number of hydrogen-bond donors (Lipinski definition) is 1. The molecule has 1 aromatic heterocycles. The van der Waals surface area contributed by atoms with E-state index in [-0.39, 0.29) is 30.5 Å². The number of piperidine rings is 1. The van der Waals surface area contributed by atoms with Gasteiger partial charge in [-0.1, -0.05) is 30.3 Å². The van der Waals surface area contributed by atoms with Gasteiger partial charge in [0.25, 0.3) is 11.8 Å². The third-order valence-electron chi connectivity index (χ3n) is 5.90. The Labute approximate surface area is 193 Å². The van der Waals surface area contributed by atoms with Gasteiger partial charge in [0.05, 0.1) is 18.1 Å². The summed E-state index contributed by atoms with van der Waals surface area (Å²) in [5.41, 5.74) is 1.89. The number of anilines is 1. The first kappa shape index (κ1) is 22.5. The van der Waals surface area contributed by atoms with Crippen LogP contribution in [0.2, 0.25) is 0 Å². The summed E-state index contributed by atoms with van der Waals surface area (Å²) in [7, 11) is 0. The van der Waals surface area contributed by atoms with E-state index < -0.39 is 0 Å². The van der Waals surface area contributed by atoms with Crippen LogP contribution in [0.25, 0.3) is 11.4 Å². The zero-order valence-electron chi connectivity index (χ0n) is 18.9. The minimum absolute atomic E-state index is 0.00420. The van der Waals surface area contributed by atoms with E-state index in [2.05, 4.69) is 29.1 Å². The van der Waals surface area contributed by atoms with Crippen LogP contribution < -0.4 is 10.1 Å². The van der Waals surface area contributed by atoms with Crippen molar-refractivity contribution < 1.29 is 14.3 Å². The SMILES string of the molecule is CC1CCCC(C)N1C(=O)COc1ccc(C(=O)Nc2cnc(-c3ccccc3)nc2)cc1. The monoisotopic (exact) mass is 444 g/mol. The molecule has 1 N–H and O–H groups in total. The molecule has 33 heavy (non-hydrogen) atoms. The van der Waals surface area contributed by atoms with Gasteiger partial charge in [-0.2, -0.15) is 0 Å². The smallest absolute Gasteiger partial charge is 0.260 e. The summed E-state index contributed by atoms with van der Waals surface area (Å²) in [6, 6.07) is 16.8. The summed E-state index contributed by atoms with van der Waals surface area (Å²) in [6.45, 7) is 4.16. The summed E-state index contributed by atoms with van der Waals surface area (Å²) in [5, 5.41) is 2.79. The first-order valence-electron chi connectivity index (χ1n) is 11.2. The predicted molar refractivity (Wildman–Crippen MR) is 127 cm³/mol. The van der Waals surface area contributed by atoms with Crippen molar-refractivity contribution in [1.29, 1.82) is 0 Å². The Kier molecular flexibility index (Phi) is 6.98. The maximum atomic E-state index is 12.6. The lowest BCUT2D eigenvalue weighted by atomic mass is 9.97. The molecule has 3 aromatic rings. The number of hydrogen-bond acceptors (Lipinski definition) is 5. The highest BCUT2D eigenvalue weighted by Crippen LogP contribution is 2.23. The quantitative estimate of drug-likeness (QED) is 0.602. The van der Waals surface area contributed by atoms with Crippen LogP contribution in [-0.2, 0) is 4.79 Å². The van der Waals surface area contributed by atoms with Crippen LogP contribution in [0.1, 0.15) is 43.5 Å². The van der Waals surface area contributed by atoms with Crippen molar-refractivity contribution in [3.8, 4) is 17.1 Å². The number of carbonyl (C=O) groups excluding carboxylic acids is 2. The molecule has 0 saturated carbocycles. The number of aromatic nitrogens is 2. The number of rotatable bonds is 6. The van der Waals surface area contributed by atoms with Crippen LogP contribution in [-0.4, -0.2) is 45.4 Å². The molecule has 1 aliphatic rings. The number of nitrogens with one attached hydrogen (secondary N) is 1. The largest absolute Gasteiger partial charge is 0.484 e. The van der Waals surface area contributed by atoms with Gasteiger partial charge in [-0.25, -0.2) is 9.97 Å². The molecule has 0 bridgehead atoms. The van der Waals surface area contributed by atoms with Crippen LogP contribution in [0.5, 0.6) is 5.75 Å². The molecule has 7 nitrogen and oxygen atoms in total. The van der Waals surface area contributed by atoms with E-state index in [9.17, 15) is 9.59 Å². The molecule has 1 saturated heterocycles. The Morgan fingerprint density at radius 3 is 2.24 bits per heavy atom. The van der Waals surface area contributed by atoms with Crippen molar-refractivity contribution in [2.45, 2.75) is 45.2 Å². The molecule has 2 amide bonds. The summed E-state index contributed by atoms with van der Waals surface area (Å²) >= 11 is 0. The third kappa shape index (κ3) is 5.55. The van der Waals surface area contributed by atoms with Gasteiger partial charge in [0.1, 0.15) is 5.75 Å². The third-order valence-corrected chi connectivity index (χ3v) is 5.90. The van der Waals surface area contributed by atoms with Crippen molar-refractivity contribution in [3.05, 3.63) is 72.6 Å². The van der Waals surface area contributed by atoms with E-state index in [1.165, 1.54) is 0 Å². The van der Waals surface area contributed by atoms with Crippen molar-refractivity contribution in [2.75, 3.05) is 11.9 Å². The second kappa shape index (κ2) is 10.3. The van der Waals surface area contributed by atoms with Gasteiger partial charge in [0.15, 0.2) is 12.4 Å². The molecule has 2 atom stereocenters. The number of benzene rings is 2. The lowest BCUT2D eigenvalue weighted by Gasteiger charge is -2.38. The van der Waals surface area contributed by atoms with Gasteiger partial charge >= 0.3 is 0 Å². The fourth-order valence-corrected chi connectivity index (χ4v) is 4.17. The lowest BCUT2D eigenvalue weighted by molar-refractivity contribution is -0.139. The summed E-state index contributed by atoms with van der Waals surface area (Å²) in [6.07, 6.45) is 6.37. The molecule has 2 unspecified atom stereocenters. The van der Waals surface area contributed by atoms with E-state index in [4.69, 9.17) is 4.74 Å². The number of ether oxygens (including phenoxy) is 1. The molecule has 7 heteroatoms. The van der Waals surface area contributed by atoms with Crippen molar-refractivity contribution in [2.24, 2.45) is 0 Å². The van der Waals surface area contributed by atoms with Crippen LogP contribution in [0.15, 0.2) is 67.0 Å². The van der Waals surface area contributed by atoms with Gasteiger partial charge < -0.3 is 15.0 Å². The van der Waals surface area contributed by atoms with Gasteiger partial charge in [-0.05, 0) is 57.4 Å². The van der Waals surface area contributed by atoms with Gasteiger partial charge in [-0.3, -0.25) is 9.59 Å². The minimum Gasteiger partial charge on any atom is -0.484 e. The lowest BCUT2D eigenvalue weighted by Crippen LogP contribution is -2.49. The van der Waals surface area contributed by atoms with Crippen LogP contribution in [0.4, 0.5) is 5.69 Å². The molecular formula is C26H28N4O3. The Morgan fingerprint density at radius 2 is 1.61 bits per heavy atom. The Balaban J connectivity index is 1.31. The Bertz CT molecular complexity index is 1070. The van der Waals surface area contributed by atoms with Crippen molar-refractivity contribution in [3.63, 3.8) is 0 Å². The normalized spacial score (nSPS) is 17.9. The zero-order chi connectivity index (χ0) is 23.2. The van der Waals surface area contributed by atoms with Crippen LogP contribution in [0, 0.1) is 0 Å². The number of carbonyl (C=O) groups is 2. The van der Waals surface area contributed by atoms with Crippen molar-refractivity contribution in [1.82, 2.24) is 14.9 Å². The number of nitrogens with zero attached hydrogens (tertiary/aromatic N) is 3. The molecule has 0 radical (unpaired) electrons. The first-order chi connectivity index (χ1) is 16.0. The van der Waals surface area contributed by atoms with Crippen molar-refractivity contribution >= 4 is 17.5 Å². The Morgan fingerprint density at radius 1 is 0.970 bits per heavy atom. The molecular weight excluding hydrogens is 416 g/mol. The summed E-state index contributed by atoms with van der Waals surface area (Å²) in [5.74, 6) is 0.867. The topological polar surface area (TPSA) is 84.4 Å². The zero-order valence-corrected chi connectivity index (χ0v) is 18.9. The maximum Gasteiger partial charge on any atom is 0.260 e. The maximum absolute atomic E-state index is 12.6. The number of amides is 2. The minimum atomic E-state index is -0.273. The second-order valence-electron chi connectivity index (χ2n) is 8.36. The summed E-state index contributed by atoms with van der Waals surface area (Å²) < 4.78 is 5.68. The highest BCUT2D eigenvalue weighted by molar-refractivity contribution is 6.04. The van der Waals surface area contributed by atoms with E-state index >= 15 is 0 Å². The Hall–Kier alpha value is -3.74. The second-order valence-corrected chi connectivity index (χ2v) is 8.36. The molecule has 1 aliphatic heterocycles. The fraction of sp³-hybridized carbons (Fsp3) is 0.308. The average Bonchev–Trinajstić information content (AvgIpc) is 2.84. The molecule has 0 spiro atoms. The molecule has 0 aliphatic carbocycles. The fourth-order valence-electron chi connectivity index (χ4n) is 4.17. The molecule has 4 rings (SSSR count). The molecule has 1 fully saturated rings.